The molecule has 0 amide bonds. The third kappa shape index (κ3) is 1.85. The second-order valence-corrected chi connectivity index (χ2v) is 4.26. The molecular weight excluding hydrogens is 246 g/mol. The average Bonchev–Trinajstić information content (AvgIpc) is 2.77. The van der Waals surface area contributed by atoms with Crippen LogP contribution in [-0.2, 0) is 0 Å². The van der Waals surface area contributed by atoms with Crippen molar-refractivity contribution in [2.75, 3.05) is 7.11 Å². The molecule has 2 aromatic rings. The van der Waals surface area contributed by atoms with Crippen LogP contribution in [-0.4, -0.2) is 17.1 Å². The molecule has 2 aromatic heterocycles. The molecule has 0 bridgehead atoms. The number of ether oxygens (including phenoxy) is 1. The van der Waals surface area contributed by atoms with Crippen LogP contribution in [0.1, 0.15) is 4.88 Å². The van der Waals surface area contributed by atoms with Gasteiger partial charge in [0.15, 0.2) is 10.9 Å². The molecule has 0 aliphatic heterocycles. The lowest BCUT2D eigenvalue weighted by Gasteiger charge is -2.05. The number of thiophene rings is 1. The van der Waals surface area contributed by atoms with Crippen molar-refractivity contribution in [3.8, 4) is 22.4 Å². The number of methoxy groups -OCH3 is 1. The van der Waals surface area contributed by atoms with Gasteiger partial charge in [-0.25, -0.2) is 9.97 Å². The Kier molecular flexibility index (Phi) is 3.04. The van der Waals surface area contributed by atoms with E-state index in [0.29, 0.717) is 16.3 Å². The smallest absolute Gasteiger partial charge is 0.183 e. The van der Waals surface area contributed by atoms with Gasteiger partial charge in [-0.3, -0.25) is 0 Å². The normalized spacial score (nSPS) is 9.81. The van der Waals surface area contributed by atoms with Gasteiger partial charge in [-0.05, 0) is 12.1 Å². The van der Waals surface area contributed by atoms with Crippen LogP contribution in [0.4, 0.5) is 0 Å². The largest absolute Gasteiger partial charge is 0.491 e. The predicted molar refractivity (Wildman–Crippen MR) is 61.6 cm³/mol. The van der Waals surface area contributed by atoms with Crippen LogP contribution in [0.3, 0.4) is 0 Å². The third-order valence-electron chi connectivity index (χ3n) is 1.91. The van der Waals surface area contributed by atoms with Crippen molar-refractivity contribution in [2.45, 2.75) is 0 Å². The summed E-state index contributed by atoms with van der Waals surface area (Å²) in [4.78, 5) is 9.39. The topological polar surface area (TPSA) is 58.8 Å². The summed E-state index contributed by atoms with van der Waals surface area (Å²) in [6, 6.07) is 5.61. The van der Waals surface area contributed by atoms with Gasteiger partial charge >= 0.3 is 0 Å². The first-order chi connectivity index (χ1) is 7.76. The van der Waals surface area contributed by atoms with E-state index in [1.165, 1.54) is 24.8 Å². The van der Waals surface area contributed by atoms with Crippen molar-refractivity contribution in [2.24, 2.45) is 0 Å². The highest BCUT2D eigenvalue weighted by Crippen LogP contribution is 2.36. The quantitative estimate of drug-likeness (QED) is 0.770. The summed E-state index contributed by atoms with van der Waals surface area (Å²) in [5.41, 5.74) is 0.606. The zero-order valence-electron chi connectivity index (χ0n) is 8.27. The van der Waals surface area contributed by atoms with E-state index in [1.807, 2.05) is 6.07 Å². The van der Waals surface area contributed by atoms with E-state index in [2.05, 4.69) is 16.0 Å². The number of nitrogens with zero attached hydrogens (tertiary/aromatic N) is 3. The van der Waals surface area contributed by atoms with Gasteiger partial charge in [0.05, 0.1) is 12.0 Å². The van der Waals surface area contributed by atoms with Gasteiger partial charge in [0.1, 0.15) is 23.0 Å². The molecule has 0 unspecified atom stereocenters. The van der Waals surface area contributed by atoms with E-state index in [-0.39, 0.29) is 5.15 Å². The molecule has 0 saturated heterocycles. The summed E-state index contributed by atoms with van der Waals surface area (Å²) in [5, 5.41) is 9.01. The van der Waals surface area contributed by atoms with E-state index >= 15 is 0 Å². The maximum Gasteiger partial charge on any atom is 0.183 e. The summed E-state index contributed by atoms with van der Waals surface area (Å²) < 4.78 is 5.14. The highest BCUT2D eigenvalue weighted by Gasteiger charge is 2.14. The lowest BCUT2D eigenvalue weighted by Crippen LogP contribution is -1.92. The monoisotopic (exact) mass is 251 g/mol. The SMILES string of the molecule is COc1c(Cl)ncnc1-c1ccc(C#N)s1. The molecule has 0 N–H and O–H groups in total. The fourth-order valence-electron chi connectivity index (χ4n) is 1.23. The predicted octanol–water partition coefficient (Wildman–Crippen LogP) is 2.74. The van der Waals surface area contributed by atoms with Crippen LogP contribution in [0.5, 0.6) is 5.75 Å². The molecule has 0 atom stereocenters. The summed E-state index contributed by atoms with van der Waals surface area (Å²) in [6.07, 6.45) is 1.37. The molecule has 0 fully saturated rings. The zero-order chi connectivity index (χ0) is 11.5. The molecule has 80 valence electrons. The maximum atomic E-state index is 8.75. The maximum absolute atomic E-state index is 8.75. The molecule has 0 aromatic carbocycles. The number of rotatable bonds is 2. The molecule has 4 nitrogen and oxygen atoms in total. The summed E-state index contributed by atoms with van der Waals surface area (Å²) in [7, 11) is 1.51. The molecule has 0 radical (unpaired) electrons. The van der Waals surface area contributed by atoms with Crippen molar-refractivity contribution in [1.29, 1.82) is 5.26 Å². The van der Waals surface area contributed by atoms with Crippen LogP contribution < -0.4 is 4.74 Å². The molecular formula is C10H6ClN3OS. The van der Waals surface area contributed by atoms with E-state index < -0.39 is 0 Å². The van der Waals surface area contributed by atoms with Gasteiger partial charge in [0, 0.05) is 0 Å². The van der Waals surface area contributed by atoms with E-state index in [9.17, 15) is 0 Å². The fraction of sp³-hybridized carbons (Fsp3) is 0.100. The second kappa shape index (κ2) is 4.47. The van der Waals surface area contributed by atoms with Gasteiger partial charge in [-0.1, -0.05) is 11.6 Å². The Bertz CT molecular complexity index is 561. The molecule has 16 heavy (non-hydrogen) atoms. The summed E-state index contributed by atoms with van der Waals surface area (Å²) in [5.74, 6) is 0.426. The van der Waals surface area contributed by atoms with Crippen LogP contribution in [0.15, 0.2) is 18.5 Å². The number of hydrogen-bond donors (Lipinski definition) is 0. The molecule has 0 spiro atoms. The Labute approximate surface area is 101 Å². The van der Waals surface area contributed by atoms with Crippen molar-refractivity contribution in [3.63, 3.8) is 0 Å². The van der Waals surface area contributed by atoms with E-state index in [1.54, 1.807) is 6.07 Å². The highest BCUT2D eigenvalue weighted by atomic mass is 35.5. The van der Waals surface area contributed by atoms with Crippen molar-refractivity contribution < 1.29 is 4.74 Å². The van der Waals surface area contributed by atoms with Gasteiger partial charge < -0.3 is 4.74 Å². The second-order valence-electron chi connectivity index (χ2n) is 2.82. The molecule has 0 aliphatic carbocycles. The molecule has 0 saturated carbocycles. The van der Waals surface area contributed by atoms with E-state index in [0.717, 1.165) is 4.88 Å². The van der Waals surface area contributed by atoms with Crippen LogP contribution in [0.25, 0.3) is 10.6 Å². The summed E-state index contributed by atoms with van der Waals surface area (Å²) >= 11 is 7.22. The molecule has 2 rings (SSSR count). The summed E-state index contributed by atoms with van der Waals surface area (Å²) in [6.45, 7) is 0. The Morgan fingerprint density at radius 3 is 2.88 bits per heavy atom. The van der Waals surface area contributed by atoms with Gasteiger partial charge in [0.25, 0.3) is 0 Å². The molecule has 2 heterocycles. The number of aromatic nitrogens is 2. The Morgan fingerprint density at radius 2 is 2.25 bits per heavy atom. The standard InChI is InChI=1S/C10H6ClN3OS/c1-15-9-8(13-5-14-10(9)11)7-3-2-6(4-12)16-7/h2-3,5H,1H3. The molecule has 0 aliphatic rings. The Morgan fingerprint density at radius 1 is 1.44 bits per heavy atom. The van der Waals surface area contributed by atoms with Gasteiger partial charge in [0.2, 0.25) is 0 Å². The fourth-order valence-corrected chi connectivity index (χ4v) is 2.24. The number of hydrogen-bond acceptors (Lipinski definition) is 5. The molecule has 6 heteroatoms. The lowest BCUT2D eigenvalue weighted by atomic mass is 10.3. The first kappa shape index (κ1) is 10.9. The van der Waals surface area contributed by atoms with E-state index in [4.69, 9.17) is 21.6 Å². The average molecular weight is 252 g/mol. The van der Waals surface area contributed by atoms with Gasteiger partial charge in [-0.15, -0.1) is 11.3 Å². The Balaban J connectivity index is 2.56. The van der Waals surface area contributed by atoms with Crippen LogP contribution >= 0.6 is 22.9 Å². The van der Waals surface area contributed by atoms with Crippen molar-refractivity contribution in [3.05, 3.63) is 28.5 Å². The highest BCUT2D eigenvalue weighted by molar-refractivity contribution is 7.16. The van der Waals surface area contributed by atoms with Crippen LogP contribution in [0.2, 0.25) is 5.15 Å². The van der Waals surface area contributed by atoms with Crippen LogP contribution in [0, 0.1) is 11.3 Å². The van der Waals surface area contributed by atoms with Crippen molar-refractivity contribution in [1.82, 2.24) is 9.97 Å². The first-order valence-electron chi connectivity index (χ1n) is 4.31. The first-order valence-corrected chi connectivity index (χ1v) is 5.50. The number of nitriles is 1. The third-order valence-corrected chi connectivity index (χ3v) is 3.18. The minimum atomic E-state index is 0.263. The van der Waals surface area contributed by atoms with Crippen molar-refractivity contribution >= 4 is 22.9 Å². The Hall–Kier alpha value is -1.64. The number of halogens is 1. The van der Waals surface area contributed by atoms with Gasteiger partial charge in [-0.2, -0.15) is 5.26 Å². The minimum Gasteiger partial charge on any atom is -0.491 e. The minimum absolute atomic E-state index is 0.263. The lowest BCUT2D eigenvalue weighted by molar-refractivity contribution is 0.413. The zero-order valence-corrected chi connectivity index (χ0v) is 9.84.